The molecule has 4 nitrogen and oxygen atoms in total. The van der Waals surface area contributed by atoms with Crippen LogP contribution in [0.1, 0.15) is 19.4 Å². The molecule has 2 rings (SSSR count). The van der Waals surface area contributed by atoms with Crippen LogP contribution in [-0.4, -0.2) is 23.9 Å². The fraction of sp³-hybridized carbons (Fsp3) is 0.385. The van der Waals surface area contributed by atoms with Gasteiger partial charge in [-0.05, 0) is 38.5 Å². The number of benzene rings is 1. The maximum Gasteiger partial charge on any atom is 0.252 e. The van der Waals surface area contributed by atoms with E-state index < -0.39 is 5.54 Å². The van der Waals surface area contributed by atoms with E-state index in [1.165, 1.54) is 4.90 Å². The second-order valence-corrected chi connectivity index (χ2v) is 4.90. The number of carbonyl (C=O) groups excluding carboxylic acids is 2. The van der Waals surface area contributed by atoms with Crippen LogP contribution in [0.4, 0.5) is 5.69 Å². The summed E-state index contributed by atoms with van der Waals surface area (Å²) < 4.78 is 0. The molecule has 90 valence electrons. The highest BCUT2D eigenvalue weighted by molar-refractivity contribution is 6.08. The minimum atomic E-state index is -0.834. The largest absolute Gasteiger partial charge is 0.341 e. The van der Waals surface area contributed by atoms with Crippen molar-refractivity contribution >= 4 is 17.5 Å². The first-order valence-corrected chi connectivity index (χ1v) is 5.60. The Bertz CT molecular complexity index is 480. The van der Waals surface area contributed by atoms with Crippen LogP contribution in [-0.2, 0) is 9.59 Å². The summed E-state index contributed by atoms with van der Waals surface area (Å²) in [6.07, 6.45) is 0. The molecule has 4 heteroatoms. The lowest BCUT2D eigenvalue weighted by atomic mass is 9.99. The van der Waals surface area contributed by atoms with Gasteiger partial charge in [0.2, 0.25) is 5.91 Å². The van der Waals surface area contributed by atoms with Gasteiger partial charge in [-0.25, -0.2) is 0 Å². The standard InChI is InChI=1S/C13H16N2O2/c1-9-5-4-6-10(7-9)15-8-11(16)14-13(2,3)12(15)17/h4-7H,8H2,1-3H3,(H,14,16). The number of nitrogens with zero attached hydrogens (tertiary/aromatic N) is 1. The van der Waals surface area contributed by atoms with Gasteiger partial charge >= 0.3 is 0 Å². The van der Waals surface area contributed by atoms with Crippen molar-refractivity contribution in [3.63, 3.8) is 0 Å². The average Bonchev–Trinajstić information content (AvgIpc) is 2.22. The third-order valence-corrected chi connectivity index (χ3v) is 2.85. The minimum Gasteiger partial charge on any atom is -0.341 e. The van der Waals surface area contributed by atoms with Gasteiger partial charge in [0, 0.05) is 5.69 Å². The van der Waals surface area contributed by atoms with Crippen molar-refractivity contribution in [1.82, 2.24) is 5.32 Å². The number of hydrogen-bond donors (Lipinski definition) is 1. The third-order valence-electron chi connectivity index (χ3n) is 2.85. The highest BCUT2D eigenvalue weighted by Crippen LogP contribution is 2.22. The molecular weight excluding hydrogens is 216 g/mol. The van der Waals surface area contributed by atoms with Crippen molar-refractivity contribution in [2.45, 2.75) is 26.3 Å². The average molecular weight is 232 g/mol. The molecule has 1 N–H and O–H groups in total. The van der Waals surface area contributed by atoms with E-state index in [0.717, 1.165) is 11.3 Å². The van der Waals surface area contributed by atoms with E-state index >= 15 is 0 Å². The van der Waals surface area contributed by atoms with Crippen LogP contribution in [0.15, 0.2) is 24.3 Å². The van der Waals surface area contributed by atoms with E-state index in [1.54, 1.807) is 13.8 Å². The van der Waals surface area contributed by atoms with Crippen LogP contribution in [0.25, 0.3) is 0 Å². The molecule has 1 fully saturated rings. The second-order valence-electron chi connectivity index (χ2n) is 4.90. The van der Waals surface area contributed by atoms with Gasteiger partial charge in [-0.1, -0.05) is 12.1 Å². The van der Waals surface area contributed by atoms with E-state index in [0.29, 0.717) is 0 Å². The first-order valence-electron chi connectivity index (χ1n) is 5.60. The van der Waals surface area contributed by atoms with Crippen molar-refractivity contribution in [2.75, 3.05) is 11.4 Å². The molecule has 1 aromatic rings. The van der Waals surface area contributed by atoms with Crippen molar-refractivity contribution < 1.29 is 9.59 Å². The summed E-state index contributed by atoms with van der Waals surface area (Å²) in [7, 11) is 0. The lowest BCUT2D eigenvalue weighted by Gasteiger charge is -2.37. The van der Waals surface area contributed by atoms with E-state index in [4.69, 9.17) is 0 Å². The SMILES string of the molecule is Cc1cccc(N2CC(=O)NC(C)(C)C2=O)c1. The molecule has 0 aromatic heterocycles. The second kappa shape index (κ2) is 3.87. The van der Waals surface area contributed by atoms with Crippen LogP contribution in [0.2, 0.25) is 0 Å². The van der Waals surface area contributed by atoms with Crippen LogP contribution in [0.3, 0.4) is 0 Å². The Morgan fingerprint density at radius 1 is 1.29 bits per heavy atom. The zero-order chi connectivity index (χ0) is 12.6. The number of nitrogens with one attached hydrogen (secondary N) is 1. The van der Waals surface area contributed by atoms with Gasteiger partial charge in [0.1, 0.15) is 12.1 Å². The fourth-order valence-electron chi connectivity index (χ4n) is 2.00. The van der Waals surface area contributed by atoms with Crippen LogP contribution in [0, 0.1) is 6.92 Å². The maximum absolute atomic E-state index is 12.2. The molecule has 17 heavy (non-hydrogen) atoms. The van der Waals surface area contributed by atoms with Crippen molar-refractivity contribution in [1.29, 1.82) is 0 Å². The number of carbonyl (C=O) groups is 2. The maximum atomic E-state index is 12.2. The Morgan fingerprint density at radius 2 is 2.00 bits per heavy atom. The van der Waals surface area contributed by atoms with Crippen LogP contribution in [0.5, 0.6) is 0 Å². The zero-order valence-electron chi connectivity index (χ0n) is 10.3. The number of amides is 2. The molecule has 1 aliphatic heterocycles. The molecule has 1 heterocycles. The highest BCUT2D eigenvalue weighted by atomic mass is 16.2. The van der Waals surface area contributed by atoms with Gasteiger partial charge in [0.25, 0.3) is 5.91 Å². The highest BCUT2D eigenvalue weighted by Gasteiger charge is 2.39. The lowest BCUT2D eigenvalue weighted by Crippen LogP contribution is -2.64. The number of piperazine rings is 1. The zero-order valence-corrected chi connectivity index (χ0v) is 10.3. The summed E-state index contributed by atoms with van der Waals surface area (Å²) in [5.41, 5.74) is 1.01. The first kappa shape index (κ1) is 11.6. The predicted octanol–water partition coefficient (Wildman–Crippen LogP) is 1.24. The lowest BCUT2D eigenvalue weighted by molar-refractivity contribution is -0.134. The Morgan fingerprint density at radius 3 is 2.65 bits per heavy atom. The Balaban J connectivity index is 2.38. The van der Waals surface area contributed by atoms with Gasteiger partial charge in [-0.2, -0.15) is 0 Å². The topological polar surface area (TPSA) is 49.4 Å². The van der Waals surface area contributed by atoms with Gasteiger partial charge in [-0.3, -0.25) is 9.59 Å². The van der Waals surface area contributed by atoms with E-state index in [2.05, 4.69) is 5.32 Å². The van der Waals surface area contributed by atoms with Crippen LogP contribution < -0.4 is 10.2 Å². The number of anilines is 1. The fourth-order valence-corrected chi connectivity index (χ4v) is 2.00. The summed E-state index contributed by atoms with van der Waals surface area (Å²) in [6.45, 7) is 5.49. The van der Waals surface area contributed by atoms with Crippen molar-refractivity contribution in [3.05, 3.63) is 29.8 Å². The molecule has 0 spiro atoms. The molecule has 0 radical (unpaired) electrons. The van der Waals surface area contributed by atoms with Gasteiger partial charge < -0.3 is 10.2 Å². The van der Waals surface area contributed by atoms with E-state index in [-0.39, 0.29) is 18.4 Å². The minimum absolute atomic E-state index is 0.0808. The van der Waals surface area contributed by atoms with Crippen molar-refractivity contribution in [2.24, 2.45) is 0 Å². The number of hydrogen-bond acceptors (Lipinski definition) is 2. The molecule has 0 bridgehead atoms. The van der Waals surface area contributed by atoms with Crippen LogP contribution >= 0.6 is 0 Å². The van der Waals surface area contributed by atoms with E-state index in [1.807, 2.05) is 31.2 Å². The molecule has 1 aromatic carbocycles. The van der Waals surface area contributed by atoms with E-state index in [9.17, 15) is 9.59 Å². The first-order chi connectivity index (χ1) is 7.90. The molecule has 0 atom stereocenters. The number of aryl methyl sites for hydroxylation is 1. The summed E-state index contributed by atoms with van der Waals surface area (Å²) in [5, 5.41) is 2.69. The van der Waals surface area contributed by atoms with Gasteiger partial charge in [0.15, 0.2) is 0 Å². The molecule has 2 amide bonds. The number of rotatable bonds is 1. The molecule has 0 aliphatic carbocycles. The summed E-state index contributed by atoms with van der Waals surface area (Å²) >= 11 is 0. The summed E-state index contributed by atoms with van der Waals surface area (Å²) in [5.74, 6) is -0.209. The molecule has 1 aliphatic rings. The quantitative estimate of drug-likeness (QED) is 0.792. The smallest absolute Gasteiger partial charge is 0.252 e. The Labute approximate surface area is 101 Å². The Hall–Kier alpha value is -1.84. The van der Waals surface area contributed by atoms with Crippen molar-refractivity contribution in [3.8, 4) is 0 Å². The Kier molecular flexibility index (Phi) is 2.65. The monoisotopic (exact) mass is 232 g/mol. The van der Waals surface area contributed by atoms with Gasteiger partial charge in [0.05, 0.1) is 0 Å². The summed E-state index contributed by atoms with van der Waals surface area (Å²) in [6, 6.07) is 7.60. The third kappa shape index (κ3) is 2.16. The predicted molar refractivity (Wildman–Crippen MR) is 65.8 cm³/mol. The normalized spacial score (nSPS) is 19.1. The molecule has 0 saturated carbocycles. The van der Waals surface area contributed by atoms with Gasteiger partial charge in [-0.15, -0.1) is 0 Å². The summed E-state index contributed by atoms with van der Waals surface area (Å²) in [4.78, 5) is 25.3. The molecular formula is C13H16N2O2. The molecule has 0 unspecified atom stereocenters. The molecule has 1 saturated heterocycles.